The molecule has 5 aliphatic carbocycles. The molecule has 5 saturated carbocycles. The fourth-order valence-corrected chi connectivity index (χ4v) is 11.1. The van der Waals surface area contributed by atoms with Crippen molar-refractivity contribution in [3.63, 3.8) is 0 Å². The molecule has 0 N–H and O–H groups in total. The average molecular weight is 427 g/mol. The molecule has 12 atom stereocenters. The van der Waals surface area contributed by atoms with Crippen molar-refractivity contribution >= 4 is 5.78 Å². The van der Waals surface area contributed by atoms with Crippen LogP contribution in [0.3, 0.4) is 0 Å². The fourth-order valence-electron chi connectivity index (χ4n) is 11.1. The first-order valence-corrected chi connectivity index (χ1v) is 13.9. The lowest BCUT2D eigenvalue weighted by atomic mass is 9.45. The molecular formula is C29H46O2. The largest absolute Gasteiger partial charge is 0.369 e. The van der Waals surface area contributed by atoms with Crippen LogP contribution < -0.4 is 0 Å². The van der Waals surface area contributed by atoms with E-state index in [-0.39, 0.29) is 5.41 Å². The van der Waals surface area contributed by atoms with Gasteiger partial charge in [-0.25, -0.2) is 0 Å². The Bertz CT molecular complexity index is 773. The molecule has 0 radical (unpaired) electrons. The van der Waals surface area contributed by atoms with Gasteiger partial charge in [0.25, 0.3) is 0 Å². The summed E-state index contributed by atoms with van der Waals surface area (Å²) in [6.45, 7) is 14.8. The second-order valence-corrected chi connectivity index (χ2v) is 13.8. The highest BCUT2D eigenvalue weighted by molar-refractivity contribution is 5.91. The van der Waals surface area contributed by atoms with Gasteiger partial charge in [-0.3, -0.25) is 4.79 Å². The molecule has 6 rings (SSSR count). The summed E-state index contributed by atoms with van der Waals surface area (Å²) in [5.74, 6) is 6.61. The zero-order chi connectivity index (χ0) is 21.9. The van der Waals surface area contributed by atoms with Gasteiger partial charge in [-0.05, 0) is 103 Å². The first-order chi connectivity index (χ1) is 14.7. The highest BCUT2D eigenvalue weighted by atomic mass is 16.6. The minimum absolute atomic E-state index is 0.133. The van der Waals surface area contributed by atoms with Crippen LogP contribution in [0.4, 0.5) is 0 Å². The monoisotopic (exact) mass is 426 g/mol. The number of hydrogen-bond donors (Lipinski definition) is 0. The highest BCUT2D eigenvalue weighted by Crippen LogP contribution is 2.80. The van der Waals surface area contributed by atoms with Gasteiger partial charge in [0.1, 0.15) is 5.78 Å². The topological polar surface area (TPSA) is 29.6 Å². The second kappa shape index (κ2) is 6.61. The van der Waals surface area contributed by atoms with Crippen LogP contribution in [0.2, 0.25) is 0 Å². The van der Waals surface area contributed by atoms with Gasteiger partial charge in [0.2, 0.25) is 0 Å². The van der Waals surface area contributed by atoms with Crippen LogP contribution in [0, 0.1) is 63.6 Å². The van der Waals surface area contributed by atoms with E-state index in [1.54, 1.807) is 0 Å². The molecule has 31 heavy (non-hydrogen) atoms. The normalized spacial score (nSPS) is 56.5. The number of carbonyl (C=O) groups excluding carboxylic acids is 1. The van der Waals surface area contributed by atoms with Crippen molar-refractivity contribution in [1.82, 2.24) is 0 Å². The van der Waals surface area contributed by atoms with Gasteiger partial charge in [-0.2, -0.15) is 0 Å². The number of Topliss-reactive ketones (excluding diaryl/α,β-unsaturated/α-hetero) is 1. The Morgan fingerprint density at radius 1 is 1.00 bits per heavy atom. The van der Waals surface area contributed by atoms with Gasteiger partial charge < -0.3 is 4.74 Å². The SMILES string of the molecule is CC[C@@H](C(C)C)[C@@H]1O[C@H]1[C@@H](C)[C@H]1CC[C@H]2[C@@H]3CC(=O)[C@]45C[C@H]4CC[C@]5(C)[C@H]3CC[C@]12C. The van der Waals surface area contributed by atoms with Gasteiger partial charge in [-0.1, -0.05) is 48.0 Å². The van der Waals surface area contributed by atoms with Crippen LogP contribution in [0.5, 0.6) is 0 Å². The molecule has 6 fully saturated rings. The average Bonchev–Trinajstić information content (AvgIpc) is 3.59. The van der Waals surface area contributed by atoms with Crippen molar-refractivity contribution in [1.29, 1.82) is 0 Å². The molecule has 0 aromatic heterocycles. The lowest BCUT2D eigenvalue weighted by Gasteiger charge is -2.58. The molecule has 2 nitrogen and oxygen atoms in total. The van der Waals surface area contributed by atoms with E-state index in [0.29, 0.717) is 52.5 Å². The van der Waals surface area contributed by atoms with Gasteiger partial charge >= 0.3 is 0 Å². The van der Waals surface area contributed by atoms with Gasteiger partial charge in [0.05, 0.1) is 12.2 Å². The number of epoxide rings is 1. The van der Waals surface area contributed by atoms with Crippen molar-refractivity contribution in [3.8, 4) is 0 Å². The Morgan fingerprint density at radius 2 is 1.77 bits per heavy atom. The highest BCUT2D eigenvalue weighted by Gasteiger charge is 2.77. The predicted molar refractivity (Wildman–Crippen MR) is 124 cm³/mol. The molecule has 0 aromatic carbocycles. The molecule has 0 aromatic rings. The molecule has 1 spiro atoms. The van der Waals surface area contributed by atoms with Crippen molar-refractivity contribution in [3.05, 3.63) is 0 Å². The molecule has 174 valence electrons. The van der Waals surface area contributed by atoms with Crippen molar-refractivity contribution in [2.24, 2.45) is 63.6 Å². The van der Waals surface area contributed by atoms with Crippen molar-refractivity contribution < 1.29 is 9.53 Å². The molecule has 6 aliphatic rings. The van der Waals surface area contributed by atoms with Gasteiger partial charge in [0.15, 0.2) is 0 Å². The van der Waals surface area contributed by atoms with E-state index in [1.165, 1.54) is 51.4 Å². The summed E-state index contributed by atoms with van der Waals surface area (Å²) in [6, 6.07) is 0. The summed E-state index contributed by atoms with van der Waals surface area (Å²) >= 11 is 0. The maximum atomic E-state index is 13.5. The van der Waals surface area contributed by atoms with E-state index >= 15 is 0 Å². The Kier molecular flexibility index (Phi) is 4.51. The number of ketones is 1. The number of ether oxygens (including phenoxy) is 1. The van der Waals surface area contributed by atoms with Crippen LogP contribution in [0.25, 0.3) is 0 Å². The van der Waals surface area contributed by atoms with Crippen molar-refractivity contribution in [2.45, 2.75) is 112 Å². The number of carbonyl (C=O) groups is 1. The Labute approximate surface area is 190 Å². The first kappa shape index (κ1) is 21.2. The van der Waals surface area contributed by atoms with E-state index in [4.69, 9.17) is 4.74 Å². The van der Waals surface area contributed by atoms with E-state index in [1.807, 2.05) is 0 Å². The summed E-state index contributed by atoms with van der Waals surface area (Å²) in [6.07, 6.45) is 12.6. The van der Waals surface area contributed by atoms with E-state index in [9.17, 15) is 4.79 Å². The number of hydrogen-bond acceptors (Lipinski definition) is 2. The zero-order valence-corrected chi connectivity index (χ0v) is 21.0. The van der Waals surface area contributed by atoms with E-state index in [0.717, 1.165) is 30.1 Å². The van der Waals surface area contributed by atoms with Crippen LogP contribution in [0.15, 0.2) is 0 Å². The van der Waals surface area contributed by atoms with Crippen LogP contribution in [0.1, 0.15) is 99.3 Å². The third-order valence-electron chi connectivity index (χ3n) is 12.8. The third kappa shape index (κ3) is 2.53. The molecule has 2 heteroatoms. The minimum atomic E-state index is 0.133. The summed E-state index contributed by atoms with van der Waals surface area (Å²) < 4.78 is 6.39. The first-order valence-electron chi connectivity index (χ1n) is 13.9. The maximum absolute atomic E-state index is 13.5. The van der Waals surface area contributed by atoms with E-state index in [2.05, 4.69) is 41.5 Å². The molecule has 0 unspecified atom stereocenters. The summed E-state index contributed by atoms with van der Waals surface area (Å²) in [4.78, 5) is 13.5. The summed E-state index contributed by atoms with van der Waals surface area (Å²) in [5.41, 5.74) is 0.895. The number of fused-ring (bicyclic) bond motifs is 4. The lowest BCUT2D eigenvalue weighted by Crippen LogP contribution is -2.55. The zero-order valence-electron chi connectivity index (χ0n) is 21.0. The predicted octanol–water partition coefficient (Wildman–Crippen LogP) is 6.91. The lowest BCUT2D eigenvalue weighted by molar-refractivity contribution is -0.151. The van der Waals surface area contributed by atoms with E-state index < -0.39 is 0 Å². The van der Waals surface area contributed by atoms with Gasteiger partial charge in [0, 0.05) is 11.8 Å². The summed E-state index contributed by atoms with van der Waals surface area (Å²) in [7, 11) is 0. The molecule has 0 amide bonds. The Hall–Kier alpha value is -0.370. The second-order valence-electron chi connectivity index (χ2n) is 13.8. The summed E-state index contributed by atoms with van der Waals surface area (Å²) in [5, 5.41) is 0. The molecule has 1 saturated heterocycles. The van der Waals surface area contributed by atoms with Crippen LogP contribution >= 0.6 is 0 Å². The number of rotatable bonds is 5. The third-order valence-corrected chi connectivity index (χ3v) is 12.8. The smallest absolute Gasteiger partial charge is 0.140 e. The van der Waals surface area contributed by atoms with Crippen molar-refractivity contribution in [2.75, 3.05) is 0 Å². The van der Waals surface area contributed by atoms with Crippen LogP contribution in [-0.2, 0) is 9.53 Å². The minimum Gasteiger partial charge on any atom is -0.369 e. The Balaban J connectivity index is 1.22. The fraction of sp³-hybridized carbons (Fsp3) is 0.966. The molecule has 0 bridgehead atoms. The maximum Gasteiger partial charge on any atom is 0.140 e. The molecule has 1 aliphatic heterocycles. The quantitative estimate of drug-likeness (QED) is 0.447. The van der Waals surface area contributed by atoms with Gasteiger partial charge in [-0.15, -0.1) is 0 Å². The Morgan fingerprint density at radius 3 is 2.45 bits per heavy atom. The molecular weight excluding hydrogens is 380 g/mol. The molecule has 1 heterocycles. The standard InChI is InChI=1S/C29H46O2/c1-7-19(16(2)3)26-25(31-26)17(4)21-8-9-22-20-14-24(30)29-15-18(29)10-13-28(29,6)23(20)11-12-27(21,22)5/h16-23,25-26H,7-15H2,1-6H3/t17-,18+,19-,20-,21+,22-,23-,25-,26-,27+,28+,29-/m0/s1. The van der Waals surface area contributed by atoms with Crippen LogP contribution in [-0.4, -0.2) is 18.0 Å².